The lowest BCUT2D eigenvalue weighted by Gasteiger charge is -2.15. The van der Waals surface area contributed by atoms with Gasteiger partial charge < -0.3 is 15.5 Å². The molecule has 0 aliphatic heterocycles. The maximum atomic E-state index is 14.1. The first-order chi connectivity index (χ1) is 10.7. The smallest absolute Gasteiger partial charge is 0.198 e. The summed E-state index contributed by atoms with van der Waals surface area (Å²) in [5, 5.41) is 16.1. The normalized spacial score (nSPS) is 12.7. The van der Waals surface area contributed by atoms with Crippen LogP contribution in [0.2, 0.25) is 0 Å². The molecule has 0 spiro atoms. The van der Waals surface area contributed by atoms with Crippen molar-refractivity contribution in [3.8, 4) is 0 Å². The van der Waals surface area contributed by atoms with Crippen molar-refractivity contribution in [1.82, 2.24) is 0 Å². The monoisotopic (exact) mass is 343 g/mol. The van der Waals surface area contributed by atoms with Crippen LogP contribution in [0.25, 0.3) is 10.8 Å². The molecule has 23 heavy (non-hydrogen) atoms. The van der Waals surface area contributed by atoms with Crippen molar-refractivity contribution in [3.63, 3.8) is 0 Å². The van der Waals surface area contributed by atoms with E-state index in [0.29, 0.717) is 0 Å². The first-order valence-electron chi connectivity index (χ1n) is 6.07. The fourth-order valence-corrected chi connectivity index (χ4v) is 1.92. The van der Waals surface area contributed by atoms with Gasteiger partial charge in [-0.05, 0) is 0 Å². The van der Waals surface area contributed by atoms with Gasteiger partial charge in [0.25, 0.3) is 0 Å². The van der Waals surface area contributed by atoms with E-state index in [0.717, 1.165) is 0 Å². The highest BCUT2D eigenvalue weighted by Gasteiger charge is 2.30. The molecule has 1 atom stereocenters. The van der Waals surface area contributed by atoms with Gasteiger partial charge in [0.1, 0.15) is 5.69 Å². The van der Waals surface area contributed by atoms with Crippen LogP contribution in [0.1, 0.15) is 0 Å². The first-order valence-corrected chi connectivity index (χ1v) is 6.07. The number of halogens is 7. The van der Waals surface area contributed by atoms with Gasteiger partial charge in [0.2, 0.25) is 0 Å². The van der Waals surface area contributed by atoms with Crippen LogP contribution in [0, 0.1) is 40.7 Å². The number of rotatable bonds is 4. The summed E-state index contributed by atoms with van der Waals surface area (Å²) in [6.45, 7) is -1.49. The van der Waals surface area contributed by atoms with Crippen LogP contribution in [0.5, 0.6) is 0 Å². The molecule has 0 fully saturated rings. The Morgan fingerprint density at radius 2 is 1.13 bits per heavy atom. The topological polar surface area (TPSA) is 52.5 Å². The third-order valence-electron chi connectivity index (χ3n) is 3.06. The highest BCUT2D eigenvalue weighted by Crippen LogP contribution is 2.36. The van der Waals surface area contributed by atoms with Crippen molar-refractivity contribution in [1.29, 1.82) is 0 Å². The van der Waals surface area contributed by atoms with E-state index in [1.54, 1.807) is 0 Å². The average molecular weight is 343 g/mol. The molecule has 0 heterocycles. The van der Waals surface area contributed by atoms with Crippen molar-refractivity contribution < 1.29 is 40.9 Å². The van der Waals surface area contributed by atoms with E-state index < -0.39 is 76.4 Å². The Morgan fingerprint density at radius 3 is 1.61 bits per heavy atom. The Morgan fingerprint density at radius 1 is 0.696 bits per heavy atom. The summed E-state index contributed by atoms with van der Waals surface area (Å²) in [7, 11) is 0. The fourth-order valence-electron chi connectivity index (χ4n) is 1.92. The van der Waals surface area contributed by atoms with Crippen molar-refractivity contribution in [2.24, 2.45) is 0 Å². The molecular weight excluding hydrogens is 335 g/mol. The van der Waals surface area contributed by atoms with E-state index in [1.165, 1.54) is 0 Å². The van der Waals surface area contributed by atoms with E-state index in [-0.39, 0.29) is 0 Å². The highest BCUT2D eigenvalue weighted by molar-refractivity contribution is 5.89. The molecule has 3 N–H and O–H groups in total. The maximum absolute atomic E-state index is 14.1. The van der Waals surface area contributed by atoms with Crippen LogP contribution in [0.3, 0.4) is 0 Å². The number of anilines is 1. The Bertz CT molecular complexity index is 781. The molecule has 2 aromatic rings. The molecule has 2 aromatic carbocycles. The predicted octanol–water partition coefficient (Wildman–Crippen LogP) is 2.58. The molecular formula is C13H8F7NO2. The largest absolute Gasteiger partial charge is 0.394 e. The summed E-state index contributed by atoms with van der Waals surface area (Å²) in [6, 6.07) is 0. The summed E-state index contributed by atoms with van der Waals surface area (Å²) in [4.78, 5) is 0. The molecule has 0 radical (unpaired) electrons. The third-order valence-corrected chi connectivity index (χ3v) is 3.06. The van der Waals surface area contributed by atoms with Gasteiger partial charge in [-0.25, -0.2) is 30.7 Å². The first kappa shape index (κ1) is 17.3. The van der Waals surface area contributed by atoms with Crippen LogP contribution >= 0.6 is 0 Å². The molecule has 10 heteroatoms. The Balaban J connectivity index is 2.78. The Kier molecular flexibility index (Phi) is 4.66. The van der Waals surface area contributed by atoms with E-state index in [4.69, 9.17) is 10.2 Å². The van der Waals surface area contributed by atoms with Gasteiger partial charge in [-0.3, -0.25) is 0 Å². The molecule has 1 unspecified atom stereocenters. The second kappa shape index (κ2) is 6.20. The lowest BCUT2D eigenvalue weighted by atomic mass is 10.1. The number of nitrogens with one attached hydrogen (secondary N) is 1. The number of hydrogen-bond donors (Lipinski definition) is 3. The SMILES string of the molecule is OCC(O)CNc1c(F)c(F)c2c(F)c(F)c(F)c(F)c2c1F. The van der Waals surface area contributed by atoms with Crippen LogP contribution < -0.4 is 5.32 Å². The molecule has 2 rings (SSSR count). The van der Waals surface area contributed by atoms with Crippen LogP contribution in [-0.2, 0) is 0 Å². The minimum absolute atomic E-state index is 0.678. The molecule has 0 aromatic heterocycles. The predicted molar refractivity (Wildman–Crippen MR) is 65.2 cm³/mol. The second-order valence-corrected chi connectivity index (χ2v) is 4.54. The fraction of sp³-hybridized carbons (Fsp3) is 0.231. The summed E-state index contributed by atoms with van der Waals surface area (Å²) < 4.78 is 95.1. The van der Waals surface area contributed by atoms with Crippen LogP contribution in [-0.4, -0.2) is 29.5 Å². The molecule has 3 nitrogen and oxygen atoms in total. The van der Waals surface area contributed by atoms with Gasteiger partial charge in [-0.2, -0.15) is 0 Å². The molecule has 0 saturated carbocycles. The maximum Gasteiger partial charge on any atom is 0.198 e. The number of aliphatic hydroxyl groups excluding tert-OH is 2. The van der Waals surface area contributed by atoms with Crippen molar-refractivity contribution >= 4 is 16.5 Å². The van der Waals surface area contributed by atoms with Crippen molar-refractivity contribution in [3.05, 3.63) is 40.7 Å². The van der Waals surface area contributed by atoms with Gasteiger partial charge in [-0.15, -0.1) is 0 Å². The molecule has 126 valence electrons. The van der Waals surface area contributed by atoms with Gasteiger partial charge in [0, 0.05) is 6.54 Å². The molecule has 0 saturated heterocycles. The van der Waals surface area contributed by atoms with Crippen LogP contribution in [0.15, 0.2) is 0 Å². The zero-order valence-corrected chi connectivity index (χ0v) is 11.0. The lowest BCUT2D eigenvalue weighted by Crippen LogP contribution is -2.24. The zero-order valence-electron chi connectivity index (χ0n) is 11.0. The van der Waals surface area contributed by atoms with Crippen molar-refractivity contribution in [2.45, 2.75) is 6.10 Å². The van der Waals surface area contributed by atoms with E-state index in [2.05, 4.69) is 0 Å². The summed E-state index contributed by atoms with van der Waals surface area (Å²) >= 11 is 0. The zero-order chi connectivity index (χ0) is 17.5. The summed E-state index contributed by atoms with van der Waals surface area (Å²) in [6.07, 6.45) is -1.50. The lowest BCUT2D eigenvalue weighted by molar-refractivity contribution is 0.105. The minimum atomic E-state index is -2.41. The van der Waals surface area contributed by atoms with Gasteiger partial charge in [0.15, 0.2) is 40.7 Å². The average Bonchev–Trinajstić information content (AvgIpc) is 2.53. The number of aliphatic hydroxyl groups is 2. The Labute approximate surface area is 124 Å². The van der Waals surface area contributed by atoms with Crippen LogP contribution in [0.4, 0.5) is 36.4 Å². The molecule has 0 aliphatic carbocycles. The third kappa shape index (κ3) is 2.68. The van der Waals surface area contributed by atoms with Gasteiger partial charge in [-0.1, -0.05) is 0 Å². The second-order valence-electron chi connectivity index (χ2n) is 4.54. The molecule has 0 bridgehead atoms. The quantitative estimate of drug-likeness (QED) is 0.454. The van der Waals surface area contributed by atoms with E-state index in [1.807, 2.05) is 5.32 Å². The number of hydrogen-bond acceptors (Lipinski definition) is 3. The van der Waals surface area contributed by atoms with E-state index >= 15 is 0 Å². The number of benzene rings is 2. The highest BCUT2D eigenvalue weighted by atomic mass is 19.2. The van der Waals surface area contributed by atoms with Crippen molar-refractivity contribution in [2.75, 3.05) is 18.5 Å². The summed E-state index contributed by atoms with van der Waals surface area (Å²) in [5.74, 6) is -15.4. The van der Waals surface area contributed by atoms with Gasteiger partial charge in [0.05, 0.1) is 23.5 Å². The molecule has 0 aliphatic rings. The summed E-state index contributed by atoms with van der Waals surface area (Å²) in [5.41, 5.74) is -1.33. The minimum Gasteiger partial charge on any atom is -0.394 e. The Hall–Kier alpha value is -2.07. The van der Waals surface area contributed by atoms with E-state index in [9.17, 15) is 30.7 Å². The standard InChI is InChI=1S/C13H8F7NO2/c14-6-4-5(7(15)11(19)10(6)18)9(17)13(12(20)8(4)16)21-1-3(23)2-22/h3,21-23H,1-2H2. The molecule has 0 amide bonds. The van der Waals surface area contributed by atoms with Gasteiger partial charge >= 0.3 is 0 Å². The number of fused-ring (bicyclic) bond motifs is 1.